The molecule has 118 valence electrons. The maximum absolute atomic E-state index is 10.9. The standard InChI is InChI=1S/C14H14N6O2S/c1-18-11(20(21)22)8-15-12(18)13-16-17-14(19(13)2)23-9-10-6-4-3-5-7-10/h3-8H,9H2,1-2H3. The number of benzene rings is 1. The van der Waals surface area contributed by atoms with Gasteiger partial charge >= 0.3 is 5.82 Å². The molecular formula is C14H14N6O2S. The lowest BCUT2D eigenvalue weighted by molar-refractivity contribution is -0.391. The molecule has 0 spiro atoms. The maximum atomic E-state index is 10.9. The number of rotatable bonds is 5. The molecular weight excluding hydrogens is 316 g/mol. The molecule has 3 rings (SSSR count). The van der Waals surface area contributed by atoms with Crippen molar-refractivity contribution in [2.45, 2.75) is 10.9 Å². The van der Waals surface area contributed by atoms with E-state index in [1.165, 1.54) is 16.3 Å². The number of nitrogens with zero attached hydrogens (tertiary/aromatic N) is 6. The lowest BCUT2D eigenvalue weighted by Crippen LogP contribution is -2.03. The van der Waals surface area contributed by atoms with Gasteiger partial charge in [-0.15, -0.1) is 10.2 Å². The molecule has 1 aromatic carbocycles. The van der Waals surface area contributed by atoms with E-state index in [1.54, 1.807) is 23.4 Å². The van der Waals surface area contributed by atoms with Gasteiger partial charge in [0.1, 0.15) is 6.20 Å². The van der Waals surface area contributed by atoms with Crippen molar-refractivity contribution in [2.75, 3.05) is 0 Å². The van der Waals surface area contributed by atoms with Gasteiger partial charge in [0.15, 0.2) is 5.16 Å². The highest BCUT2D eigenvalue weighted by Crippen LogP contribution is 2.26. The lowest BCUT2D eigenvalue weighted by atomic mass is 10.2. The fourth-order valence-electron chi connectivity index (χ4n) is 2.14. The molecule has 0 fully saturated rings. The Bertz CT molecular complexity index is 842. The van der Waals surface area contributed by atoms with E-state index < -0.39 is 4.92 Å². The molecule has 0 bridgehead atoms. The summed E-state index contributed by atoms with van der Waals surface area (Å²) in [6.07, 6.45) is 1.22. The number of aromatic nitrogens is 5. The van der Waals surface area contributed by atoms with Gasteiger partial charge in [-0.25, -0.2) is 9.55 Å². The minimum Gasteiger partial charge on any atom is -0.358 e. The van der Waals surface area contributed by atoms with Crippen molar-refractivity contribution in [3.63, 3.8) is 0 Å². The van der Waals surface area contributed by atoms with Crippen LogP contribution in [-0.2, 0) is 19.8 Å². The van der Waals surface area contributed by atoms with Crippen LogP contribution in [0.4, 0.5) is 5.82 Å². The van der Waals surface area contributed by atoms with Crippen molar-refractivity contribution in [3.05, 3.63) is 52.2 Å². The molecule has 0 amide bonds. The SMILES string of the molecule is Cn1c([N+](=O)[O-])cnc1-c1nnc(SCc2ccccc2)n1C. The topological polar surface area (TPSA) is 91.7 Å². The summed E-state index contributed by atoms with van der Waals surface area (Å²) in [5, 5.41) is 19.9. The first-order chi connectivity index (χ1) is 11.1. The second-order valence-corrected chi connectivity index (χ2v) is 5.84. The Hall–Kier alpha value is -2.68. The zero-order valence-electron chi connectivity index (χ0n) is 12.6. The average molecular weight is 330 g/mol. The Morgan fingerprint density at radius 1 is 1.13 bits per heavy atom. The van der Waals surface area contributed by atoms with Gasteiger partial charge in [0.25, 0.3) is 5.82 Å². The smallest absolute Gasteiger partial charge is 0.343 e. The molecule has 0 saturated carbocycles. The van der Waals surface area contributed by atoms with Gasteiger partial charge < -0.3 is 14.7 Å². The second-order valence-electron chi connectivity index (χ2n) is 4.90. The van der Waals surface area contributed by atoms with E-state index in [1.807, 2.05) is 37.4 Å². The van der Waals surface area contributed by atoms with Crippen LogP contribution >= 0.6 is 11.8 Å². The highest BCUT2D eigenvalue weighted by atomic mass is 32.2. The van der Waals surface area contributed by atoms with Gasteiger partial charge in [-0.3, -0.25) is 0 Å². The molecule has 0 radical (unpaired) electrons. The number of nitro groups is 1. The number of imidazole rings is 1. The van der Waals surface area contributed by atoms with E-state index >= 15 is 0 Å². The molecule has 2 heterocycles. The largest absolute Gasteiger partial charge is 0.358 e. The number of hydrogen-bond donors (Lipinski definition) is 0. The first kappa shape index (κ1) is 15.2. The molecule has 0 atom stereocenters. The summed E-state index contributed by atoms with van der Waals surface area (Å²) in [5.41, 5.74) is 1.19. The van der Waals surface area contributed by atoms with Crippen LogP contribution < -0.4 is 0 Å². The molecule has 8 nitrogen and oxygen atoms in total. The van der Waals surface area contributed by atoms with Crippen molar-refractivity contribution in [1.82, 2.24) is 24.3 Å². The molecule has 2 aromatic heterocycles. The molecule has 9 heteroatoms. The molecule has 0 saturated heterocycles. The van der Waals surface area contributed by atoms with Gasteiger partial charge in [0.2, 0.25) is 5.82 Å². The Morgan fingerprint density at radius 2 is 1.87 bits per heavy atom. The summed E-state index contributed by atoms with van der Waals surface area (Å²) in [5.74, 6) is 1.60. The Morgan fingerprint density at radius 3 is 2.52 bits per heavy atom. The number of hydrogen-bond acceptors (Lipinski definition) is 6. The van der Waals surface area contributed by atoms with Gasteiger partial charge in [0.05, 0.1) is 7.05 Å². The summed E-state index contributed by atoms with van der Waals surface area (Å²) < 4.78 is 3.19. The van der Waals surface area contributed by atoms with Crippen LogP contribution in [0.2, 0.25) is 0 Å². The highest BCUT2D eigenvalue weighted by molar-refractivity contribution is 7.98. The zero-order chi connectivity index (χ0) is 16.4. The van der Waals surface area contributed by atoms with Crippen molar-refractivity contribution >= 4 is 17.6 Å². The van der Waals surface area contributed by atoms with Crippen LogP contribution in [0, 0.1) is 10.1 Å². The van der Waals surface area contributed by atoms with E-state index in [2.05, 4.69) is 15.2 Å². The average Bonchev–Trinajstić information content (AvgIpc) is 3.09. The Labute approximate surface area is 136 Å². The van der Waals surface area contributed by atoms with Gasteiger partial charge in [-0.1, -0.05) is 42.1 Å². The quantitative estimate of drug-likeness (QED) is 0.405. The minimum atomic E-state index is -0.474. The van der Waals surface area contributed by atoms with E-state index in [-0.39, 0.29) is 5.82 Å². The summed E-state index contributed by atoms with van der Waals surface area (Å²) >= 11 is 1.55. The first-order valence-electron chi connectivity index (χ1n) is 6.80. The molecule has 0 N–H and O–H groups in total. The summed E-state index contributed by atoms with van der Waals surface area (Å²) in [4.78, 5) is 14.5. The fourth-order valence-corrected chi connectivity index (χ4v) is 3.00. The lowest BCUT2D eigenvalue weighted by Gasteiger charge is -2.02. The third kappa shape index (κ3) is 2.95. The van der Waals surface area contributed by atoms with Crippen molar-refractivity contribution < 1.29 is 4.92 Å². The van der Waals surface area contributed by atoms with Crippen molar-refractivity contribution in [1.29, 1.82) is 0 Å². The van der Waals surface area contributed by atoms with Crippen LogP contribution in [-0.4, -0.2) is 29.2 Å². The van der Waals surface area contributed by atoms with Crippen LogP contribution in [0.15, 0.2) is 41.7 Å². The normalized spacial score (nSPS) is 10.9. The van der Waals surface area contributed by atoms with Crippen molar-refractivity contribution in [2.24, 2.45) is 14.1 Å². The van der Waals surface area contributed by atoms with Crippen LogP contribution in [0.1, 0.15) is 5.56 Å². The van der Waals surface area contributed by atoms with E-state index in [0.717, 1.165) is 10.9 Å². The van der Waals surface area contributed by atoms with E-state index in [9.17, 15) is 10.1 Å². The molecule has 0 aliphatic rings. The zero-order valence-corrected chi connectivity index (χ0v) is 13.4. The first-order valence-corrected chi connectivity index (χ1v) is 7.79. The van der Waals surface area contributed by atoms with Gasteiger partial charge in [0, 0.05) is 12.8 Å². The minimum absolute atomic E-state index is 0.0820. The molecule has 0 aliphatic carbocycles. The summed E-state index contributed by atoms with van der Waals surface area (Å²) in [6, 6.07) is 10.1. The molecule has 0 unspecified atom stereocenters. The van der Waals surface area contributed by atoms with Crippen LogP contribution in [0.25, 0.3) is 11.6 Å². The predicted octanol–water partition coefficient (Wildman–Crippen LogP) is 2.42. The Kier molecular flexibility index (Phi) is 4.11. The summed E-state index contributed by atoms with van der Waals surface area (Å²) in [7, 11) is 3.41. The monoisotopic (exact) mass is 330 g/mol. The van der Waals surface area contributed by atoms with Crippen molar-refractivity contribution in [3.8, 4) is 11.6 Å². The predicted molar refractivity (Wildman–Crippen MR) is 85.9 cm³/mol. The van der Waals surface area contributed by atoms with E-state index in [0.29, 0.717) is 11.6 Å². The third-order valence-electron chi connectivity index (χ3n) is 3.40. The highest BCUT2D eigenvalue weighted by Gasteiger charge is 2.23. The molecule has 23 heavy (non-hydrogen) atoms. The van der Waals surface area contributed by atoms with Gasteiger partial charge in [-0.2, -0.15) is 0 Å². The molecule has 0 aliphatic heterocycles. The Balaban J connectivity index is 1.83. The second kappa shape index (κ2) is 6.21. The van der Waals surface area contributed by atoms with Gasteiger partial charge in [-0.05, 0) is 10.5 Å². The molecule has 3 aromatic rings. The fraction of sp³-hybridized carbons (Fsp3) is 0.214. The summed E-state index contributed by atoms with van der Waals surface area (Å²) in [6.45, 7) is 0. The third-order valence-corrected chi connectivity index (χ3v) is 4.49. The maximum Gasteiger partial charge on any atom is 0.343 e. The van der Waals surface area contributed by atoms with Crippen LogP contribution in [0.3, 0.4) is 0 Å². The number of thioether (sulfide) groups is 1. The van der Waals surface area contributed by atoms with E-state index in [4.69, 9.17) is 0 Å². The van der Waals surface area contributed by atoms with Crippen LogP contribution in [0.5, 0.6) is 0 Å².